The molecule has 2 N–H and O–H groups in total. The number of carbonyl (C=O) groups is 1. The minimum Gasteiger partial charge on any atom is -0.478 e. The summed E-state index contributed by atoms with van der Waals surface area (Å²) in [7, 11) is 0. The molecular formula is C14H21NO2. The van der Waals surface area contributed by atoms with Gasteiger partial charge >= 0.3 is 5.97 Å². The largest absolute Gasteiger partial charge is 0.478 e. The Hall–Kier alpha value is -1.35. The maximum absolute atomic E-state index is 10.8. The van der Waals surface area contributed by atoms with Crippen LogP contribution in [0.5, 0.6) is 0 Å². The first-order valence-electron chi connectivity index (χ1n) is 5.91. The molecule has 17 heavy (non-hydrogen) atoms. The Morgan fingerprint density at radius 3 is 2.65 bits per heavy atom. The first-order valence-corrected chi connectivity index (χ1v) is 5.91. The van der Waals surface area contributed by atoms with Gasteiger partial charge in [-0.2, -0.15) is 0 Å². The molecule has 1 rings (SSSR count). The van der Waals surface area contributed by atoms with Crippen molar-refractivity contribution in [2.75, 3.05) is 6.54 Å². The van der Waals surface area contributed by atoms with Gasteiger partial charge in [0, 0.05) is 6.54 Å². The number of benzene rings is 1. The molecule has 0 aromatic heterocycles. The molecule has 0 saturated carbocycles. The van der Waals surface area contributed by atoms with Crippen LogP contribution < -0.4 is 5.32 Å². The van der Waals surface area contributed by atoms with Gasteiger partial charge in [-0.15, -0.1) is 0 Å². The monoisotopic (exact) mass is 235 g/mol. The Balaban J connectivity index is 2.42. The maximum Gasteiger partial charge on any atom is 0.335 e. The highest BCUT2D eigenvalue weighted by Crippen LogP contribution is 2.17. The molecular weight excluding hydrogens is 214 g/mol. The lowest BCUT2D eigenvalue weighted by molar-refractivity contribution is 0.0696. The average Bonchev–Trinajstić information content (AvgIpc) is 2.23. The van der Waals surface area contributed by atoms with Gasteiger partial charge in [-0.05, 0) is 36.1 Å². The van der Waals surface area contributed by atoms with E-state index in [1.807, 2.05) is 6.07 Å². The van der Waals surface area contributed by atoms with Crippen molar-refractivity contribution in [3.8, 4) is 0 Å². The smallest absolute Gasteiger partial charge is 0.335 e. The second-order valence-corrected chi connectivity index (χ2v) is 5.49. The van der Waals surface area contributed by atoms with Gasteiger partial charge in [-0.3, -0.25) is 0 Å². The summed E-state index contributed by atoms with van der Waals surface area (Å²) in [4.78, 5) is 10.8. The van der Waals surface area contributed by atoms with E-state index in [1.165, 1.54) is 0 Å². The Kier molecular flexibility index (Phi) is 4.70. The minimum absolute atomic E-state index is 0.329. The van der Waals surface area contributed by atoms with Crippen molar-refractivity contribution < 1.29 is 9.90 Å². The summed E-state index contributed by atoms with van der Waals surface area (Å²) in [5.74, 6) is -0.874. The fourth-order valence-electron chi connectivity index (χ4n) is 1.51. The Morgan fingerprint density at radius 2 is 2.06 bits per heavy atom. The molecule has 1 aromatic rings. The highest BCUT2D eigenvalue weighted by Gasteiger charge is 2.09. The average molecular weight is 235 g/mol. The van der Waals surface area contributed by atoms with Crippen molar-refractivity contribution in [2.24, 2.45) is 5.41 Å². The van der Waals surface area contributed by atoms with Crippen LogP contribution in [0.25, 0.3) is 0 Å². The number of carboxylic acid groups (broad SMARTS) is 1. The molecule has 0 aliphatic carbocycles. The van der Waals surface area contributed by atoms with Gasteiger partial charge in [-0.25, -0.2) is 4.79 Å². The number of nitrogens with one attached hydrogen (secondary N) is 1. The van der Waals surface area contributed by atoms with Gasteiger partial charge in [0.05, 0.1) is 5.56 Å². The van der Waals surface area contributed by atoms with Gasteiger partial charge in [0.25, 0.3) is 0 Å². The SMILES string of the molecule is CC(C)(C)CCNCc1cccc(C(=O)O)c1. The quantitative estimate of drug-likeness (QED) is 0.771. The molecule has 0 aliphatic heterocycles. The normalized spacial score (nSPS) is 11.5. The third-order valence-electron chi connectivity index (χ3n) is 2.55. The highest BCUT2D eigenvalue weighted by atomic mass is 16.4. The van der Waals surface area contributed by atoms with Crippen LogP contribution in [-0.2, 0) is 6.54 Å². The predicted octanol–water partition coefficient (Wildman–Crippen LogP) is 2.91. The van der Waals surface area contributed by atoms with Crippen molar-refractivity contribution in [1.29, 1.82) is 0 Å². The zero-order valence-corrected chi connectivity index (χ0v) is 10.8. The van der Waals surface area contributed by atoms with Gasteiger partial charge < -0.3 is 10.4 Å². The lowest BCUT2D eigenvalue weighted by atomic mass is 9.92. The van der Waals surface area contributed by atoms with Crippen LogP contribution in [-0.4, -0.2) is 17.6 Å². The van der Waals surface area contributed by atoms with E-state index in [0.717, 1.165) is 25.1 Å². The standard InChI is InChI=1S/C14H21NO2/c1-14(2,3)7-8-15-10-11-5-4-6-12(9-11)13(16)17/h4-6,9,15H,7-8,10H2,1-3H3,(H,16,17). The summed E-state index contributed by atoms with van der Waals surface area (Å²) in [6, 6.07) is 7.05. The van der Waals surface area contributed by atoms with Crippen LogP contribution in [0, 0.1) is 5.41 Å². The summed E-state index contributed by atoms with van der Waals surface area (Å²) >= 11 is 0. The molecule has 94 valence electrons. The molecule has 0 radical (unpaired) electrons. The zero-order chi connectivity index (χ0) is 12.9. The minimum atomic E-state index is -0.874. The van der Waals surface area contributed by atoms with E-state index in [9.17, 15) is 4.79 Å². The fraction of sp³-hybridized carbons (Fsp3) is 0.500. The van der Waals surface area contributed by atoms with E-state index >= 15 is 0 Å². The molecule has 1 aromatic carbocycles. The van der Waals surface area contributed by atoms with Crippen LogP contribution in [0.15, 0.2) is 24.3 Å². The van der Waals surface area contributed by atoms with Crippen molar-refractivity contribution in [3.63, 3.8) is 0 Å². The predicted molar refractivity (Wildman–Crippen MR) is 69.2 cm³/mol. The topological polar surface area (TPSA) is 49.3 Å². The molecule has 0 saturated heterocycles. The summed E-state index contributed by atoms with van der Waals surface area (Å²) in [6.45, 7) is 8.29. The van der Waals surface area contributed by atoms with E-state index in [-0.39, 0.29) is 0 Å². The highest BCUT2D eigenvalue weighted by molar-refractivity contribution is 5.87. The van der Waals surface area contributed by atoms with Crippen molar-refractivity contribution in [1.82, 2.24) is 5.32 Å². The van der Waals surface area contributed by atoms with E-state index in [4.69, 9.17) is 5.11 Å². The van der Waals surface area contributed by atoms with Crippen LogP contribution in [0.4, 0.5) is 0 Å². The third-order valence-corrected chi connectivity index (χ3v) is 2.55. The first-order chi connectivity index (χ1) is 7.88. The Bertz CT molecular complexity index is 380. The Labute approximate surface area is 103 Å². The van der Waals surface area contributed by atoms with Crippen molar-refractivity contribution >= 4 is 5.97 Å². The molecule has 0 heterocycles. The summed E-state index contributed by atoms with van der Waals surface area (Å²) in [5, 5.41) is 12.2. The van der Waals surface area contributed by atoms with Gasteiger partial charge in [0.2, 0.25) is 0 Å². The lowest BCUT2D eigenvalue weighted by Gasteiger charge is -2.18. The van der Waals surface area contributed by atoms with E-state index < -0.39 is 5.97 Å². The summed E-state index contributed by atoms with van der Waals surface area (Å²) in [6.07, 6.45) is 1.10. The van der Waals surface area contributed by atoms with Crippen LogP contribution >= 0.6 is 0 Å². The number of rotatable bonds is 5. The van der Waals surface area contributed by atoms with Crippen LogP contribution in [0.2, 0.25) is 0 Å². The second kappa shape index (κ2) is 5.82. The fourth-order valence-corrected chi connectivity index (χ4v) is 1.51. The molecule has 3 nitrogen and oxygen atoms in total. The molecule has 0 fully saturated rings. The molecule has 0 amide bonds. The van der Waals surface area contributed by atoms with E-state index in [0.29, 0.717) is 11.0 Å². The summed E-state index contributed by atoms with van der Waals surface area (Å²) in [5.41, 5.74) is 1.69. The number of carboxylic acids is 1. The number of hydrogen-bond acceptors (Lipinski definition) is 2. The lowest BCUT2D eigenvalue weighted by Crippen LogP contribution is -2.20. The maximum atomic E-state index is 10.8. The Morgan fingerprint density at radius 1 is 1.35 bits per heavy atom. The van der Waals surface area contributed by atoms with Crippen molar-refractivity contribution in [3.05, 3.63) is 35.4 Å². The summed E-state index contributed by atoms with van der Waals surface area (Å²) < 4.78 is 0. The van der Waals surface area contributed by atoms with Gasteiger partial charge in [0.15, 0.2) is 0 Å². The van der Waals surface area contributed by atoms with Crippen LogP contribution in [0.1, 0.15) is 43.1 Å². The number of aromatic carboxylic acids is 1. The van der Waals surface area contributed by atoms with E-state index in [2.05, 4.69) is 26.1 Å². The van der Waals surface area contributed by atoms with Gasteiger partial charge in [0.1, 0.15) is 0 Å². The molecule has 3 heteroatoms. The van der Waals surface area contributed by atoms with E-state index in [1.54, 1.807) is 18.2 Å². The molecule has 0 aliphatic rings. The molecule has 0 spiro atoms. The zero-order valence-electron chi connectivity index (χ0n) is 10.8. The third kappa shape index (κ3) is 5.50. The molecule has 0 atom stereocenters. The molecule has 0 bridgehead atoms. The second-order valence-electron chi connectivity index (χ2n) is 5.49. The van der Waals surface area contributed by atoms with Crippen molar-refractivity contribution in [2.45, 2.75) is 33.7 Å². The van der Waals surface area contributed by atoms with Gasteiger partial charge in [-0.1, -0.05) is 32.9 Å². The number of hydrogen-bond donors (Lipinski definition) is 2. The molecule has 0 unspecified atom stereocenters. The van der Waals surface area contributed by atoms with Crippen LogP contribution in [0.3, 0.4) is 0 Å². The first kappa shape index (κ1) is 13.7.